The predicted molar refractivity (Wildman–Crippen MR) is 92.0 cm³/mol. The van der Waals surface area contributed by atoms with Crippen LogP contribution < -0.4 is 10.6 Å². The molecule has 0 aromatic heterocycles. The molecule has 1 atom stereocenters. The van der Waals surface area contributed by atoms with E-state index in [-0.39, 0.29) is 54.9 Å². The molecule has 1 heterocycles. The van der Waals surface area contributed by atoms with Crippen molar-refractivity contribution >= 4 is 27.8 Å². The summed E-state index contributed by atoms with van der Waals surface area (Å²) in [5, 5.41) is 13.9. The van der Waals surface area contributed by atoms with Crippen LogP contribution in [0.2, 0.25) is 0 Å². The number of piperazine rings is 1. The van der Waals surface area contributed by atoms with Crippen molar-refractivity contribution in [1.82, 2.24) is 14.9 Å². The highest BCUT2D eigenvalue weighted by Gasteiger charge is 2.29. The number of rotatable bonds is 7. The molecule has 2 rings (SSSR count). The maximum Gasteiger partial charge on any atom is 0.303 e. The summed E-state index contributed by atoms with van der Waals surface area (Å²) in [5.41, 5.74) is 0.267. The molecule has 10 heteroatoms. The Morgan fingerprint density at radius 2 is 1.96 bits per heavy atom. The molecule has 1 unspecified atom stereocenters. The van der Waals surface area contributed by atoms with Crippen LogP contribution in [0, 0.1) is 5.92 Å². The number of carbonyl (C=O) groups excluding carboxylic acids is 2. The summed E-state index contributed by atoms with van der Waals surface area (Å²) in [6.07, 6.45) is -0.0547. The topological polar surface area (TPSA) is 133 Å². The zero-order valence-electron chi connectivity index (χ0n) is 14.3. The number of hydrogen-bond donors (Lipinski definition) is 3. The fraction of sp³-hybridized carbons (Fsp3) is 0.438. The van der Waals surface area contributed by atoms with E-state index in [4.69, 9.17) is 5.11 Å². The summed E-state index contributed by atoms with van der Waals surface area (Å²) in [4.78, 5) is 34.1. The van der Waals surface area contributed by atoms with Gasteiger partial charge >= 0.3 is 5.97 Å². The zero-order valence-corrected chi connectivity index (χ0v) is 15.1. The number of nitrogens with one attached hydrogen (secondary N) is 2. The van der Waals surface area contributed by atoms with Gasteiger partial charge in [0.25, 0.3) is 5.91 Å². The lowest BCUT2D eigenvalue weighted by atomic mass is 10.1. The van der Waals surface area contributed by atoms with Gasteiger partial charge in [-0.05, 0) is 30.2 Å². The number of carboxylic acids is 1. The van der Waals surface area contributed by atoms with Crippen molar-refractivity contribution in [3.63, 3.8) is 0 Å². The van der Waals surface area contributed by atoms with Gasteiger partial charge in [0.05, 0.1) is 11.4 Å². The highest BCUT2D eigenvalue weighted by Crippen LogP contribution is 2.17. The van der Waals surface area contributed by atoms with Crippen LogP contribution in [0.1, 0.15) is 23.7 Å². The zero-order chi connectivity index (χ0) is 19.3. The van der Waals surface area contributed by atoms with Gasteiger partial charge in [0, 0.05) is 31.6 Å². The van der Waals surface area contributed by atoms with E-state index >= 15 is 0 Å². The Labute approximate surface area is 151 Å². The second-order valence-electron chi connectivity index (χ2n) is 6.13. The van der Waals surface area contributed by atoms with Gasteiger partial charge in [0.2, 0.25) is 15.9 Å². The lowest BCUT2D eigenvalue weighted by Gasteiger charge is -2.25. The molecule has 2 amide bonds. The van der Waals surface area contributed by atoms with Crippen molar-refractivity contribution in [2.45, 2.75) is 18.2 Å². The van der Waals surface area contributed by atoms with E-state index in [1.54, 1.807) is 6.92 Å². The normalized spacial score (nSPS) is 16.6. The van der Waals surface area contributed by atoms with Crippen LogP contribution in [-0.2, 0) is 19.6 Å². The molecule has 0 saturated carbocycles. The summed E-state index contributed by atoms with van der Waals surface area (Å²) in [6, 6.07) is 5.40. The number of sulfonamides is 1. The van der Waals surface area contributed by atoms with E-state index in [2.05, 4.69) is 10.6 Å². The van der Waals surface area contributed by atoms with Crippen LogP contribution in [0.3, 0.4) is 0 Å². The van der Waals surface area contributed by atoms with Gasteiger partial charge < -0.3 is 15.7 Å². The van der Waals surface area contributed by atoms with Crippen LogP contribution in [0.25, 0.3) is 0 Å². The van der Waals surface area contributed by atoms with Crippen molar-refractivity contribution in [2.75, 3.05) is 26.2 Å². The third kappa shape index (κ3) is 5.02. The van der Waals surface area contributed by atoms with Crippen molar-refractivity contribution in [2.24, 2.45) is 5.92 Å². The first-order valence-corrected chi connectivity index (χ1v) is 9.51. The third-order valence-corrected chi connectivity index (χ3v) is 5.75. The highest BCUT2D eigenvalue weighted by molar-refractivity contribution is 7.89. The molecule has 0 radical (unpaired) electrons. The smallest absolute Gasteiger partial charge is 0.303 e. The summed E-state index contributed by atoms with van der Waals surface area (Å²) in [7, 11) is -3.80. The van der Waals surface area contributed by atoms with E-state index < -0.39 is 21.9 Å². The minimum absolute atomic E-state index is 0.00277. The molecule has 1 aliphatic heterocycles. The van der Waals surface area contributed by atoms with Gasteiger partial charge in [-0.2, -0.15) is 4.31 Å². The monoisotopic (exact) mass is 383 g/mol. The van der Waals surface area contributed by atoms with E-state index in [0.717, 1.165) is 4.31 Å². The molecule has 1 aromatic carbocycles. The molecular weight excluding hydrogens is 362 g/mol. The Hall–Kier alpha value is -2.46. The van der Waals surface area contributed by atoms with Crippen LogP contribution in [-0.4, -0.2) is 61.8 Å². The first-order valence-electron chi connectivity index (χ1n) is 8.07. The molecule has 0 bridgehead atoms. The standard InChI is InChI=1S/C16H21N3O6S/c1-11(8-15(21)22)9-18-16(23)12-2-4-13(5-3-12)26(24,25)19-7-6-17-14(20)10-19/h2-5,11H,6-10H2,1H3,(H,17,20)(H,18,23)(H,21,22). The summed E-state index contributed by atoms with van der Waals surface area (Å²) in [6.45, 7) is 2.13. The number of hydrogen-bond acceptors (Lipinski definition) is 5. The molecule has 26 heavy (non-hydrogen) atoms. The molecule has 1 saturated heterocycles. The molecule has 1 fully saturated rings. The second-order valence-corrected chi connectivity index (χ2v) is 8.06. The summed E-state index contributed by atoms with van der Waals surface area (Å²) in [5.74, 6) is -1.93. The molecular formula is C16H21N3O6S. The third-order valence-electron chi connectivity index (χ3n) is 3.89. The molecule has 142 valence electrons. The lowest BCUT2D eigenvalue weighted by molar-refractivity contribution is -0.138. The number of benzene rings is 1. The minimum Gasteiger partial charge on any atom is -0.481 e. The van der Waals surface area contributed by atoms with Crippen LogP contribution in [0.5, 0.6) is 0 Å². The van der Waals surface area contributed by atoms with Gasteiger partial charge in [0.15, 0.2) is 0 Å². The lowest BCUT2D eigenvalue weighted by Crippen LogP contribution is -2.49. The average molecular weight is 383 g/mol. The number of carboxylic acid groups (broad SMARTS) is 1. The fourth-order valence-electron chi connectivity index (χ4n) is 2.49. The van der Waals surface area contributed by atoms with Gasteiger partial charge in [-0.1, -0.05) is 6.92 Å². The summed E-state index contributed by atoms with van der Waals surface area (Å²) >= 11 is 0. The van der Waals surface area contributed by atoms with Gasteiger partial charge in [0.1, 0.15) is 0 Å². The first-order chi connectivity index (χ1) is 12.2. The predicted octanol–water partition coefficient (Wildman–Crippen LogP) is -0.352. The summed E-state index contributed by atoms with van der Waals surface area (Å²) < 4.78 is 26.1. The van der Waals surface area contributed by atoms with Crippen LogP contribution in [0.15, 0.2) is 29.2 Å². The molecule has 1 aromatic rings. The van der Waals surface area contributed by atoms with Crippen molar-refractivity contribution in [3.05, 3.63) is 29.8 Å². The number of aliphatic carboxylic acids is 1. The molecule has 9 nitrogen and oxygen atoms in total. The van der Waals surface area contributed by atoms with Gasteiger partial charge in [-0.3, -0.25) is 14.4 Å². The van der Waals surface area contributed by atoms with Crippen LogP contribution >= 0.6 is 0 Å². The highest BCUT2D eigenvalue weighted by atomic mass is 32.2. The Morgan fingerprint density at radius 3 is 2.54 bits per heavy atom. The van der Waals surface area contributed by atoms with Gasteiger partial charge in [-0.15, -0.1) is 0 Å². The minimum atomic E-state index is -3.80. The number of carbonyl (C=O) groups is 3. The van der Waals surface area contributed by atoms with Crippen molar-refractivity contribution < 1.29 is 27.9 Å². The Balaban J connectivity index is 2.02. The van der Waals surface area contributed by atoms with E-state index in [0.29, 0.717) is 0 Å². The van der Waals surface area contributed by atoms with Crippen LogP contribution in [0.4, 0.5) is 0 Å². The SMILES string of the molecule is CC(CNC(=O)c1ccc(S(=O)(=O)N2CCNC(=O)C2)cc1)CC(=O)O. The van der Waals surface area contributed by atoms with E-state index in [1.807, 2.05) is 0 Å². The number of nitrogens with zero attached hydrogens (tertiary/aromatic N) is 1. The van der Waals surface area contributed by atoms with E-state index in [9.17, 15) is 22.8 Å². The fourth-order valence-corrected chi connectivity index (χ4v) is 3.88. The van der Waals surface area contributed by atoms with Crippen molar-refractivity contribution in [3.8, 4) is 0 Å². The second kappa shape index (κ2) is 8.28. The van der Waals surface area contributed by atoms with Gasteiger partial charge in [-0.25, -0.2) is 8.42 Å². The Bertz CT molecular complexity index is 791. The Kier molecular flexibility index (Phi) is 6.32. The van der Waals surface area contributed by atoms with E-state index in [1.165, 1.54) is 24.3 Å². The maximum absolute atomic E-state index is 12.5. The number of amides is 2. The average Bonchev–Trinajstić information content (AvgIpc) is 2.59. The molecule has 3 N–H and O–H groups in total. The Morgan fingerprint density at radius 1 is 1.31 bits per heavy atom. The molecule has 1 aliphatic rings. The maximum atomic E-state index is 12.5. The first kappa shape index (κ1) is 19.9. The molecule has 0 spiro atoms. The van der Waals surface area contributed by atoms with Crippen molar-refractivity contribution in [1.29, 1.82) is 0 Å². The largest absolute Gasteiger partial charge is 0.481 e. The molecule has 0 aliphatic carbocycles. The quantitative estimate of drug-likeness (QED) is 0.589.